The lowest BCUT2D eigenvalue weighted by molar-refractivity contribution is 0.0942. The van der Waals surface area contributed by atoms with Crippen LogP contribution in [0.3, 0.4) is 0 Å². The molecule has 0 saturated carbocycles. The number of fused-ring (bicyclic) bond motifs is 2. The fourth-order valence-electron chi connectivity index (χ4n) is 4.26. The maximum absolute atomic E-state index is 12.8. The normalized spacial score (nSPS) is 24.9. The van der Waals surface area contributed by atoms with Crippen molar-refractivity contribution in [3.63, 3.8) is 0 Å². The largest absolute Gasteiger partial charge is 0.352 e. The molecular formula is C21H23ClN2O. The van der Waals surface area contributed by atoms with Crippen LogP contribution in [0.15, 0.2) is 48.5 Å². The zero-order valence-electron chi connectivity index (χ0n) is 14.2. The molecule has 2 bridgehead atoms. The first-order chi connectivity index (χ1) is 12.2. The van der Waals surface area contributed by atoms with Crippen molar-refractivity contribution in [2.75, 3.05) is 6.54 Å². The van der Waals surface area contributed by atoms with Crippen molar-refractivity contribution < 1.29 is 4.79 Å². The van der Waals surface area contributed by atoms with E-state index in [4.69, 9.17) is 11.6 Å². The summed E-state index contributed by atoms with van der Waals surface area (Å²) in [4.78, 5) is 12.8. The van der Waals surface area contributed by atoms with E-state index >= 15 is 0 Å². The third kappa shape index (κ3) is 3.73. The summed E-state index contributed by atoms with van der Waals surface area (Å²) in [6.45, 7) is 0.761. The second-order valence-electron chi connectivity index (χ2n) is 7.24. The van der Waals surface area contributed by atoms with Crippen molar-refractivity contribution in [3.8, 4) is 11.1 Å². The highest BCUT2D eigenvalue weighted by Gasteiger charge is 2.33. The first-order valence-electron chi connectivity index (χ1n) is 9.08. The Morgan fingerprint density at radius 2 is 1.84 bits per heavy atom. The molecule has 2 N–H and O–H groups in total. The van der Waals surface area contributed by atoms with E-state index in [0.717, 1.165) is 17.7 Å². The van der Waals surface area contributed by atoms with Crippen LogP contribution in [0.5, 0.6) is 0 Å². The standard InChI is InChI=1S/C21H23ClN2O/c22-16-5-3-4-15(12-16)19-6-1-2-7-20(19)21(25)23-13-14-10-17-8-9-18(11-14)24-17/h1-7,12,14,17-18,24H,8-11,13H2,(H,23,25)/t14?,17-,18+. The van der Waals surface area contributed by atoms with Crippen LogP contribution in [-0.2, 0) is 0 Å². The van der Waals surface area contributed by atoms with E-state index in [1.807, 2.05) is 48.5 Å². The number of amides is 1. The molecule has 3 atom stereocenters. The van der Waals surface area contributed by atoms with Crippen LogP contribution >= 0.6 is 11.6 Å². The zero-order valence-corrected chi connectivity index (χ0v) is 14.9. The van der Waals surface area contributed by atoms with Gasteiger partial charge in [-0.15, -0.1) is 0 Å². The third-order valence-electron chi connectivity index (χ3n) is 5.43. The first kappa shape index (κ1) is 16.6. The van der Waals surface area contributed by atoms with Crippen molar-refractivity contribution in [3.05, 3.63) is 59.1 Å². The summed E-state index contributed by atoms with van der Waals surface area (Å²) in [5.74, 6) is 0.586. The predicted octanol–water partition coefficient (Wildman–Crippen LogP) is 4.27. The summed E-state index contributed by atoms with van der Waals surface area (Å²) in [7, 11) is 0. The summed E-state index contributed by atoms with van der Waals surface area (Å²) < 4.78 is 0. The van der Waals surface area contributed by atoms with Gasteiger partial charge in [-0.25, -0.2) is 0 Å². The van der Waals surface area contributed by atoms with Crippen LogP contribution in [0.4, 0.5) is 0 Å². The summed E-state index contributed by atoms with van der Waals surface area (Å²) in [5.41, 5.74) is 2.60. The number of benzene rings is 2. The van der Waals surface area contributed by atoms with E-state index in [0.29, 0.717) is 28.6 Å². The molecule has 1 unspecified atom stereocenters. The van der Waals surface area contributed by atoms with Crippen LogP contribution in [0.25, 0.3) is 11.1 Å². The quantitative estimate of drug-likeness (QED) is 0.861. The van der Waals surface area contributed by atoms with Crippen molar-refractivity contribution in [2.24, 2.45) is 5.92 Å². The van der Waals surface area contributed by atoms with Gasteiger partial charge in [0, 0.05) is 29.2 Å². The van der Waals surface area contributed by atoms with Gasteiger partial charge in [-0.05, 0) is 60.9 Å². The highest BCUT2D eigenvalue weighted by Crippen LogP contribution is 2.31. The van der Waals surface area contributed by atoms with Gasteiger partial charge in [0.25, 0.3) is 5.91 Å². The fourth-order valence-corrected chi connectivity index (χ4v) is 4.45. The Labute approximate surface area is 153 Å². The van der Waals surface area contributed by atoms with E-state index in [-0.39, 0.29) is 5.91 Å². The van der Waals surface area contributed by atoms with Gasteiger partial charge >= 0.3 is 0 Å². The van der Waals surface area contributed by atoms with Gasteiger partial charge in [-0.1, -0.05) is 41.9 Å². The molecule has 0 spiro atoms. The Kier molecular flexibility index (Phi) is 4.78. The number of hydrogen-bond acceptors (Lipinski definition) is 2. The van der Waals surface area contributed by atoms with Gasteiger partial charge in [0.15, 0.2) is 0 Å². The smallest absolute Gasteiger partial charge is 0.251 e. The van der Waals surface area contributed by atoms with Crippen molar-refractivity contribution in [2.45, 2.75) is 37.8 Å². The van der Waals surface area contributed by atoms with E-state index in [1.165, 1.54) is 25.7 Å². The minimum absolute atomic E-state index is 0.00135. The topological polar surface area (TPSA) is 41.1 Å². The number of rotatable bonds is 4. The van der Waals surface area contributed by atoms with E-state index in [1.54, 1.807) is 0 Å². The average Bonchev–Trinajstić information content (AvgIpc) is 2.98. The van der Waals surface area contributed by atoms with Crippen molar-refractivity contribution in [1.82, 2.24) is 10.6 Å². The zero-order chi connectivity index (χ0) is 17.2. The maximum Gasteiger partial charge on any atom is 0.251 e. The van der Waals surface area contributed by atoms with E-state index in [2.05, 4.69) is 10.6 Å². The summed E-state index contributed by atoms with van der Waals surface area (Å²) >= 11 is 6.12. The number of carbonyl (C=O) groups is 1. The molecule has 2 aliphatic heterocycles. The van der Waals surface area contributed by atoms with Gasteiger partial charge in [0.05, 0.1) is 0 Å². The lowest BCUT2D eigenvalue weighted by Gasteiger charge is -2.29. The Bertz CT molecular complexity index is 764. The lowest BCUT2D eigenvalue weighted by Crippen LogP contribution is -2.42. The molecule has 130 valence electrons. The number of hydrogen-bond donors (Lipinski definition) is 2. The third-order valence-corrected chi connectivity index (χ3v) is 5.66. The highest BCUT2D eigenvalue weighted by atomic mass is 35.5. The Balaban J connectivity index is 1.47. The molecule has 25 heavy (non-hydrogen) atoms. The molecule has 2 saturated heterocycles. The number of halogens is 1. The summed E-state index contributed by atoms with van der Waals surface area (Å²) in [6, 6.07) is 16.7. The first-order valence-corrected chi connectivity index (χ1v) is 9.46. The minimum atomic E-state index is 0.00135. The number of nitrogens with one attached hydrogen (secondary N) is 2. The van der Waals surface area contributed by atoms with Crippen LogP contribution < -0.4 is 10.6 Å². The minimum Gasteiger partial charge on any atom is -0.352 e. The van der Waals surface area contributed by atoms with Crippen LogP contribution in [0.2, 0.25) is 5.02 Å². The Morgan fingerprint density at radius 1 is 1.08 bits per heavy atom. The average molecular weight is 355 g/mol. The summed E-state index contributed by atoms with van der Waals surface area (Å²) in [5, 5.41) is 7.49. The van der Waals surface area contributed by atoms with Crippen molar-refractivity contribution >= 4 is 17.5 Å². The molecule has 0 radical (unpaired) electrons. The lowest BCUT2D eigenvalue weighted by atomic mass is 9.92. The van der Waals surface area contributed by atoms with Crippen LogP contribution in [0.1, 0.15) is 36.0 Å². The number of piperidine rings is 1. The number of carbonyl (C=O) groups excluding carboxylic acids is 1. The van der Waals surface area contributed by atoms with Gasteiger partial charge in [-0.3, -0.25) is 4.79 Å². The Morgan fingerprint density at radius 3 is 2.60 bits per heavy atom. The fraction of sp³-hybridized carbons (Fsp3) is 0.381. The molecular weight excluding hydrogens is 332 g/mol. The van der Waals surface area contributed by atoms with E-state index in [9.17, 15) is 4.79 Å². The van der Waals surface area contributed by atoms with Gasteiger partial charge in [-0.2, -0.15) is 0 Å². The van der Waals surface area contributed by atoms with E-state index < -0.39 is 0 Å². The molecule has 4 heteroatoms. The predicted molar refractivity (Wildman–Crippen MR) is 102 cm³/mol. The van der Waals surface area contributed by atoms with Crippen LogP contribution in [0, 0.1) is 5.92 Å². The SMILES string of the molecule is O=C(NCC1C[C@H]2CC[C@@H](C1)N2)c1ccccc1-c1cccc(Cl)c1. The van der Waals surface area contributed by atoms with Gasteiger partial charge in [0.2, 0.25) is 0 Å². The van der Waals surface area contributed by atoms with Crippen molar-refractivity contribution in [1.29, 1.82) is 0 Å². The van der Waals surface area contributed by atoms with Gasteiger partial charge < -0.3 is 10.6 Å². The molecule has 2 fully saturated rings. The molecule has 0 aromatic heterocycles. The van der Waals surface area contributed by atoms with Crippen LogP contribution in [-0.4, -0.2) is 24.5 Å². The second-order valence-corrected chi connectivity index (χ2v) is 7.68. The highest BCUT2D eigenvalue weighted by molar-refractivity contribution is 6.30. The molecule has 2 aromatic carbocycles. The second kappa shape index (κ2) is 7.19. The molecule has 2 aliphatic rings. The Hall–Kier alpha value is -1.84. The molecule has 3 nitrogen and oxygen atoms in total. The molecule has 2 aromatic rings. The summed E-state index contributed by atoms with van der Waals surface area (Å²) in [6.07, 6.45) is 4.92. The molecule has 1 amide bonds. The molecule has 4 rings (SSSR count). The van der Waals surface area contributed by atoms with Gasteiger partial charge in [0.1, 0.15) is 0 Å². The molecule has 2 heterocycles. The molecule has 0 aliphatic carbocycles. The monoisotopic (exact) mass is 354 g/mol. The maximum atomic E-state index is 12.8.